The van der Waals surface area contributed by atoms with Gasteiger partial charge in [0, 0.05) is 29.1 Å². The van der Waals surface area contributed by atoms with Crippen LogP contribution in [0.15, 0.2) is 54.7 Å². The van der Waals surface area contributed by atoms with Gasteiger partial charge in [0.15, 0.2) is 5.88 Å². The van der Waals surface area contributed by atoms with Gasteiger partial charge in [0.1, 0.15) is 0 Å². The molecule has 1 fully saturated rings. The fourth-order valence-corrected chi connectivity index (χ4v) is 3.92. The van der Waals surface area contributed by atoms with Crippen molar-refractivity contribution in [3.8, 4) is 5.88 Å². The Morgan fingerprint density at radius 2 is 1.88 bits per heavy atom. The number of rotatable bonds is 5. The summed E-state index contributed by atoms with van der Waals surface area (Å²) in [4.78, 5) is 12.3. The van der Waals surface area contributed by atoms with Gasteiger partial charge in [-0.3, -0.25) is 4.79 Å². The van der Waals surface area contributed by atoms with Crippen molar-refractivity contribution in [3.05, 3.63) is 60.3 Å². The summed E-state index contributed by atoms with van der Waals surface area (Å²) in [5.74, 6) is 0.881. The second-order valence-corrected chi connectivity index (χ2v) is 7.27. The van der Waals surface area contributed by atoms with Crippen LogP contribution >= 0.6 is 0 Å². The average Bonchev–Trinajstić information content (AvgIpc) is 3.24. The molecule has 0 spiro atoms. The van der Waals surface area contributed by atoms with Crippen LogP contribution in [0.25, 0.3) is 10.8 Å². The number of hydrogen-bond donors (Lipinski definition) is 2. The Kier molecular flexibility index (Phi) is 4.65. The van der Waals surface area contributed by atoms with E-state index in [4.69, 9.17) is 0 Å². The maximum Gasteiger partial charge on any atom is 0.224 e. The van der Waals surface area contributed by atoms with Crippen LogP contribution in [0.4, 0.5) is 5.69 Å². The van der Waals surface area contributed by atoms with E-state index in [1.54, 1.807) is 0 Å². The van der Waals surface area contributed by atoms with Crippen molar-refractivity contribution in [2.45, 2.75) is 38.6 Å². The van der Waals surface area contributed by atoms with Crippen LogP contribution in [-0.4, -0.2) is 15.6 Å². The van der Waals surface area contributed by atoms with E-state index in [9.17, 15) is 9.90 Å². The minimum atomic E-state index is 0.0872. The fourth-order valence-electron chi connectivity index (χ4n) is 3.92. The summed E-state index contributed by atoms with van der Waals surface area (Å²) < 4.78 is 1.84. The quantitative estimate of drug-likeness (QED) is 0.688. The molecule has 0 radical (unpaired) electrons. The number of benzene rings is 2. The summed E-state index contributed by atoms with van der Waals surface area (Å²) in [5, 5.41) is 15.2. The molecule has 0 bridgehead atoms. The van der Waals surface area contributed by atoms with E-state index in [1.165, 1.54) is 25.7 Å². The summed E-state index contributed by atoms with van der Waals surface area (Å²) in [7, 11) is 0. The number of amides is 1. The number of fused-ring (bicyclic) bond motifs is 1. The highest BCUT2D eigenvalue weighted by Gasteiger charge is 2.18. The van der Waals surface area contributed by atoms with Crippen molar-refractivity contribution in [2.24, 2.45) is 5.92 Å². The Hall–Kier alpha value is -2.75. The van der Waals surface area contributed by atoms with Gasteiger partial charge >= 0.3 is 0 Å². The van der Waals surface area contributed by atoms with E-state index in [1.807, 2.05) is 59.3 Å². The van der Waals surface area contributed by atoms with Gasteiger partial charge in [0.2, 0.25) is 5.91 Å². The highest BCUT2D eigenvalue weighted by molar-refractivity contribution is 5.96. The van der Waals surface area contributed by atoms with Crippen LogP contribution in [0.2, 0.25) is 0 Å². The lowest BCUT2D eigenvalue weighted by atomic mass is 10.0. The molecule has 1 aliphatic carbocycles. The van der Waals surface area contributed by atoms with Gasteiger partial charge in [-0.1, -0.05) is 43.2 Å². The van der Waals surface area contributed by atoms with Crippen LogP contribution < -0.4 is 5.32 Å². The zero-order chi connectivity index (χ0) is 17.9. The minimum Gasteiger partial charge on any atom is -0.494 e. The molecule has 2 aromatic carbocycles. The summed E-state index contributed by atoms with van der Waals surface area (Å²) in [6.45, 7) is 0.616. The lowest BCUT2D eigenvalue weighted by molar-refractivity contribution is -0.117. The highest BCUT2D eigenvalue weighted by Crippen LogP contribution is 2.31. The van der Waals surface area contributed by atoms with E-state index in [0.29, 0.717) is 18.9 Å². The van der Waals surface area contributed by atoms with E-state index in [2.05, 4.69) is 5.32 Å². The van der Waals surface area contributed by atoms with Crippen LogP contribution in [0.5, 0.6) is 5.88 Å². The van der Waals surface area contributed by atoms with Gasteiger partial charge < -0.3 is 15.0 Å². The second kappa shape index (κ2) is 7.24. The van der Waals surface area contributed by atoms with Gasteiger partial charge in [0.25, 0.3) is 0 Å². The number of carbonyl (C=O) groups is 1. The van der Waals surface area contributed by atoms with E-state index < -0.39 is 0 Å². The molecule has 4 rings (SSSR count). The topological polar surface area (TPSA) is 54.3 Å². The number of nitrogens with one attached hydrogen (secondary N) is 1. The molecule has 2 N–H and O–H groups in total. The maximum atomic E-state index is 12.3. The van der Waals surface area contributed by atoms with Gasteiger partial charge in [-0.25, -0.2) is 0 Å². The predicted octanol–water partition coefficient (Wildman–Crippen LogP) is 4.91. The number of nitrogens with zero attached hydrogens (tertiary/aromatic N) is 1. The Morgan fingerprint density at radius 1 is 1.12 bits per heavy atom. The summed E-state index contributed by atoms with van der Waals surface area (Å²) in [6, 6.07) is 15.7. The molecular weight excluding hydrogens is 324 g/mol. The first kappa shape index (κ1) is 16.7. The van der Waals surface area contributed by atoms with Crippen molar-refractivity contribution in [1.29, 1.82) is 0 Å². The molecule has 4 heteroatoms. The van der Waals surface area contributed by atoms with Gasteiger partial charge in [-0.05, 0) is 42.5 Å². The molecule has 1 amide bonds. The number of aromatic nitrogens is 1. The van der Waals surface area contributed by atoms with Crippen molar-refractivity contribution in [2.75, 3.05) is 5.32 Å². The molecule has 26 heavy (non-hydrogen) atoms. The summed E-state index contributed by atoms with van der Waals surface area (Å²) >= 11 is 0. The molecular formula is C22H24N2O2. The van der Waals surface area contributed by atoms with Crippen LogP contribution in [0.3, 0.4) is 0 Å². The molecule has 0 unspecified atom stereocenters. The van der Waals surface area contributed by atoms with Crippen molar-refractivity contribution >= 4 is 22.4 Å². The van der Waals surface area contributed by atoms with Crippen molar-refractivity contribution in [1.82, 2.24) is 4.57 Å². The van der Waals surface area contributed by atoms with Crippen LogP contribution in [0.1, 0.15) is 37.7 Å². The number of hydrogen-bond acceptors (Lipinski definition) is 2. The Morgan fingerprint density at radius 3 is 2.65 bits per heavy atom. The first-order valence-corrected chi connectivity index (χ1v) is 9.35. The van der Waals surface area contributed by atoms with E-state index >= 15 is 0 Å². The maximum absolute atomic E-state index is 12.3. The van der Waals surface area contributed by atoms with Crippen LogP contribution in [-0.2, 0) is 11.3 Å². The van der Waals surface area contributed by atoms with Crippen LogP contribution in [0, 0.1) is 5.92 Å². The van der Waals surface area contributed by atoms with Gasteiger partial charge in [-0.15, -0.1) is 0 Å². The second-order valence-electron chi connectivity index (χ2n) is 7.27. The number of carbonyl (C=O) groups excluding carboxylic acids is 1. The molecule has 134 valence electrons. The molecule has 1 saturated carbocycles. The molecule has 3 aromatic rings. The first-order chi connectivity index (χ1) is 12.7. The Balaban J connectivity index is 1.50. The molecule has 0 atom stereocenters. The molecule has 4 nitrogen and oxygen atoms in total. The minimum absolute atomic E-state index is 0.0872. The Bertz CT molecular complexity index is 909. The number of anilines is 1. The molecule has 0 aliphatic heterocycles. The normalized spacial score (nSPS) is 14.8. The monoisotopic (exact) mass is 348 g/mol. The zero-order valence-electron chi connectivity index (χ0n) is 14.8. The largest absolute Gasteiger partial charge is 0.494 e. The summed E-state index contributed by atoms with van der Waals surface area (Å²) in [5.41, 5.74) is 1.92. The number of aromatic hydroxyl groups is 1. The average molecular weight is 348 g/mol. The molecule has 1 heterocycles. The van der Waals surface area contributed by atoms with Crippen molar-refractivity contribution < 1.29 is 9.90 Å². The third-order valence-corrected chi connectivity index (χ3v) is 5.29. The highest BCUT2D eigenvalue weighted by atomic mass is 16.3. The first-order valence-electron chi connectivity index (χ1n) is 9.35. The predicted molar refractivity (Wildman–Crippen MR) is 104 cm³/mol. The summed E-state index contributed by atoms with van der Waals surface area (Å²) in [6.07, 6.45) is 7.38. The van der Waals surface area contributed by atoms with Gasteiger partial charge in [-0.2, -0.15) is 0 Å². The standard InChI is InChI=1S/C22H24N2O2/c25-21(12-16-6-4-5-7-16)23-19-10-11-20-18(13-19)15-24(22(20)26)14-17-8-2-1-3-9-17/h1-3,8-11,13,15-16,26H,4-7,12,14H2,(H,23,25). The molecule has 0 saturated heterocycles. The zero-order valence-corrected chi connectivity index (χ0v) is 14.8. The molecule has 1 aliphatic rings. The van der Waals surface area contributed by atoms with Gasteiger partial charge in [0.05, 0.1) is 6.54 Å². The SMILES string of the molecule is O=C(CC1CCCC1)Nc1ccc2c(O)n(Cc3ccccc3)cc2c1. The van der Waals surface area contributed by atoms with E-state index in [0.717, 1.165) is 22.0 Å². The smallest absolute Gasteiger partial charge is 0.224 e. The molecule has 1 aromatic heterocycles. The fraction of sp³-hybridized carbons (Fsp3) is 0.318. The van der Waals surface area contributed by atoms with Crippen molar-refractivity contribution in [3.63, 3.8) is 0 Å². The third kappa shape index (κ3) is 3.59. The third-order valence-electron chi connectivity index (χ3n) is 5.29. The van der Waals surface area contributed by atoms with E-state index in [-0.39, 0.29) is 11.8 Å². The lowest BCUT2D eigenvalue weighted by Gasteiger charge is -2.09. The Labute approximate surface area is 153 Å². The lowest BCUT2D eigenvalue weighted by Crippen LogP contribution is -2.14.